The quantitative estimate of drug-likeness (QED) is 0.0848. The van der Waals surface area contributed by atoms with E-state index in [0.717, 1.165) is 154 Å². The van der Waals surface area contributed by atoms with Gasteiger partial charge in [-0.1, -0.05) is 299 Å². The Morgan fingerprint density at radius 1 is 0.172 bits per heavy atom. The molecule has 12 saturated carbocycles. The van der Waals surface area contributed by atoms with Crippen molar-refractivity contribution in [3.63, 3.8) is 0 Å². The lowest BCUT2D eigenvalue weighted by atomic mass is 9.68. The van der Waals surface area contributed by atoms with Gasteiger partial charge in [-0.05, 0) is 459 Å². The summed E-state index contributed by atoms with van der Waals surface area (Å²) in [5, 5.41) is 0. The van der Waals surface area contributed by atoms with Crippen LogP contribution in [0.15, 0.2) is 182 Å². The molecule has 0 bridgehead atoms. The number of hydrogen-bond donors (Lipinski definition) is 0. The first kappa shape index (κ1) is 99.6. The van der Waals surface area contributed by atoms with E-state index in [9.17, 15) is 0 Å². The Labute approximate surface area is 804 Å². The van der Waals surface area contributed by atoms with Gasteiger partial charge in [0.1, 0.15) is 11.5 Å². The van der Waals surface area contributed by atoms with Gasteiger partial charge in [-0.15, -0.1) is 0 Å². The van der Waals surface area contributed by atoms with Crippen LogP contribution in [0.2, 0.25) is 0 Å². The van der Waals surface area contributed by atoms with Crippen molar-refractivity contribution >= 4 is 0 Å². The largest absolute Gasteiger partial charge is 0.497 e. The van der Waals surface area contributed by atoms with Gasteiger partial charge in [0.2, 0.25) is 0 Å². The normalized spacial score (nSPS) is 33.6. The van der Waals surface area contributed by atoms with Crippen molar-refractivity contribution in [1.82, 2.24) is 0 Å². The van der Waals surface area contributed by atoms with Crippen molar-refractivity contribution in [3.05, 3.63) is 238 Å². The Morgan fingerprint density at radius 3 is 0.453 bits per heavy atom. The second kappa shape index (κ2) is 52.7. The van der Waals surface area contributed by atoms with E-state index in [0.29, 0.717) is 0 Å². The fourth-order valence-electron chi connectivity index (χ4n) is 26.5. The highest BCUT2D eigenvalue weighted by Gasteiger charge is 2.35. The van der Waals surface area contributed by atoms with E-state index in [1.165, 1.54) is 342 Å². The summed E-state index contributed by atoms with van der Waals surface area (Å²) >= 11 is 0. The lowest BCUT2D eigenvalue weighted by Gasteiger charge is -2.37. The van der Waals surface area contributed by atoms with Crippen LogP contribution in [0.4, 0.5) is 0 Å². The lowest BCUT2D eigenvalue weighted by Crippen LogP contribution is -2.24. The SMILES string of the molecule is COc1ccc(C2CCC(/C=C/C3CCC(C)CC3)CC2)cc1.COc1ccc(C2CCC(C3CCC(C)CC3)CC2)cc1.Cc1ccc(C2CCC(/C=C/C3CCC(C)CC3)CC2)cc1.Cc1ccc(C2CCC(/C=C/C3CCC(C)CC3)CC2)cc1.Cc1ccc(C2CCC(C3CCC(C)CC3)CC2)cc1.Cc1ccc(C2CCC(C3CCC(C)CC3)CC2)cc1.[HH].[HH].[HH].[HH].[HH].[HH].[HH].[HH].[HH].[HH].[HH].[HH]. The molecule has 0 aromatic heterocycles. The van der Waals surface area contributed by atoms with E-state index in [-0.39, 0.29) is 17.1 Å². The summed E-state index contributed by atoms with van der Waals surface area (Å²) in [6, 6.07) is 54.5. The fraction of sp³-hybridized carbons (Fsp3) is 0.667. The standard InChI is InChI=1S/C22H32O.2C22H32.C20H30O.2C20H30.12H2/c1-17-3-5-18(6-4-17)7-8-19-9-11-20(12-10-19)21-13-15-22(23-2)16-14-21;2*1-17-3-7-19(8-4-17)9-10-20-11-15-22(16-12-20)21-13-5-18(2)6-14-21;1-15-3-5-16(6-4-15)17-7-9-18(10-8-17)19-11-13-20(21-2)14-12-19;2*1-15-3-7-17(8-4-15)19-11-13-20(14-12-19)18-9-5-16(2)6-10-18;;;;;;;;;;;;/h7-8,13-20H,3-6,9-12H2,1-2H3;2*5-6,9-10,13-14,17,19-20,22H,3-4,7-8,11-12,15-16H2,1-2H3;11-18H,3-10H2,1-2H3;2*3-4,7-8,16,18-20H,5-6,9-14H2,1-2H3;12*1H/b8-7+;2*10-9+;;;;;;;;;;;;;;;. The van der Waals surface area contributed by atoms with E-state index in [2.05, 4.69) is 251 Å². The van der Waals surface area contributed by atoms with Crippen LogP contribution < -0.4 is 9.47 Å². The molecular weight excluding hydrogens is 1550 g/mol. The monoisotopic (exact) mass is 1760 g/mol. The molecule has 0 N–H and O–H groups in total. The maximum atomic E-state index is 5.26. The van der Waals surface area contributed by atoms with Crippen LogP contribution >= 0.6 is 0 Å². The Kier molecular flexibility index (Phi) is 41.0. The van der Waals surface area contributed by atoms with E-state index in [4.69, 9.17) is 9.47 Å². The molecule has 0 saturated heterocycles. The van der Waals surface area contributed by atoms with E-state index < -0.39 is 0 Å². The summed E-state index contributed by atoms with van der Waals surface area (Å²) in [6.07, 6.45) is 84.3. The Hall–Kier alpha value is -5.86. The molecule has 2 heteroatoms. The van der Waals surface area contributed by atoms with Crippen molar-refractivity contribution in [1.29, 1.82) is 0 Å². The van der Waals surface area contributed by atoms with E-state index in [1.54, 1.807) is 36.5 Å². The zero-order chi connectivity index (χ0) is 89.4. The molecule has 0 atom stereocenters. The molecule has 726 valence electrons. The molecule has 0 aliphatic heterocycles. The summed E-state index contributed by atoms with van der Waals surface area (Å²) < 4.78 is 10.5. The minimum Gasteiger partial charge on any atom is -0.497 e. The van der Waals surface area contributed by atoms with Crippen LogP contribution in [0.25, 0.3) is 0 Å². The molecule has 12 fully saturated rings. The fourth-order valence-corrected chi connectivity index (χ4v) is 26.5. The minimum atomic E-state index is 0. The van der Waals surface area contributed by atoms with Gasteiger partial charge < -0.3 is 9.47 Å². The summed E-state index contributed by atoms with van der Waals surface area (Å²) in [4.78, 5) is 0. The Morgan fingerprint density at radius 2 is 0.297 bits per heavy atom. The lowest BCUT2D eigenvalue weighted by molar-refractivity contribution is 0.165. The molecule has 0 unspecified atom stereocenters. The predicted molar refractivity (Wildman–Crippen MR) is 578 cm³/mol. The highest BCUT2D eigenvalue weighted by atomic mass is 16.5. The van der Waals surface area contributed by atoms with Crippen molar-refractivity contribution < 1.29 is 26.6 Å². The smallest absolute Gasteiger partial charge is 0.118 e. The third-order valence-corrected chi connectivity index (χ3v) is 36.3. The Bertz CT molecular complexity index is 3900. The zero-order valence-electron chi connectivity index (χ0n) is 83.9. The number of rotatable bonds is 17. The van der Waals surface area contributed by atoms with Crippen molar-refractivity contribution in [2.75, 3.05) is 14.2 Å². The van der Waals surface area contributed by atoms with E-state index in [1.807, 2.05) is 0 Å². The third-order valence-electron chi connectivity index (χ3n) is 36.3. The summed E-state index contributed by atoms with van der Waals surface area (Å²) in [7, 11) is 3.48. The molecule has 18 rings (SSSR count). The molecule has 6 aromatic rings. The number of hydrogen-bond acceptors (Lipinski definition) is 2. The molecule has 0 radical (unpaired) electrons. The van der Waals surface area contributed by atoms with Crippen LogP contribution in [0, 0.1) is 134 Å². The molecule has 0 amide bonds. The highest BCUT2D eigenvalue weighted by Crippen LogP contribution is 2.49. The molecule has 0 heterocycles. The average Bonchev–Trinajstić information content (AvgIpc) is 0.837. The van der Waals surface area contributed by atoms with Gasteiger partial charge >= 0.3 is 0 Å². The second-order valence-electron chi connectivity index (χ2n) is 46.1. The second-order valence-corrected chi connectivity index (χ2v) is 46.1. The number of aryl methyl sites for hydroxylation is 4. The summed E-state index contributed by atoms with van der Waals surface area (Å²) in [5.74, 6) is 24.1. The minimum absolute atomic E-state index is 0. The maximum absolute atomic E-state index is 5.26. The number of benzene rings is 6. The van der Waals surface area contributed by atoms with Crippen LogP contribution in [-0.4, -0.2) is 14.2 Å². The van der Waals surface area contributed by atoms with Crippen LogP contribution in [0.5, 0.6) is 11.5 Å². The number of allylic oxidation sites excluding steroid dienone is 6. The van der Waals surface area contributed by atoms with Crippen molar-refractivity contribution in [2.24, 2.45) is 107 Å². The summed E-state index contributed by atoms with van der Waals surface area (Å²) in [5.41, 5.74) is 14.9. The van der Waals surface area contributed by atoms with Crippen LogP contribution in [-0.2, 0) is 0 Å². The van der Waals surface area contributed by atoms with Gasteiger partial charge in [0.15, 0.2) is 0 Å². The van der Waals surface area contributed by atoms with Gasteiger partial charge in [-0.3, -0.25) is 0 Å². The first-order valence-electron chi connectivity index (χ1n) is 54.9. The van der Waals surface area contributed by atoms with Crippen molar-refractivity contribution in [3.8, 4) is 11.5 Å². The maximum Gasteiger partial charge on any atom is 0.118 e. The molecule has 12 aliphatic rings. The number of methoxy groups -OCH3 is 2. The third kappa shape index (κ3) is 32.5. The molecule has 6 aromatic carbocycles. The van der Waals surface area contributed by atoms with Gasteiger partial charge in [0.25, 0.3) is 0 Å². The van der Waals surface area contributed by atoms with E-state index >= 15 is 0 Å². The first-order valence-corrected chi connectivity index (χ1v) is 54.9. The highest BCUT2D eigenvalue weighted by molar-refractivity contribution is 5.33. The van der Waals surface area contributed by atoms with Gasteiger partial charge in [-0.25, -0.2) is 0 Å². The average molecular weight is 1760 g/mol. The molecule has 12 aliphatic carbocycles. The van der Waals surface area contributed by atoms with Gasteiger partial charge in [0, 0.05) is 17.1 Å². The molecule has 2 nitrogen and oxygen atoms in total. The van der Waals surface area contributed by atoms with Crippen LogP contribution in [0.1, 0.15) is 458 Å². The van der Waals surface area contributed by atoms with Gasteiger partial charge in [-0.2, -0.15) is 0 Å². The topological polar surface area (TPSA) is 18.5 Å². The summed E-state index contributed by atoms with van der Waals surface area (Å²) in [6.45, 7) is 23.2. The first-order chi connectivity index (χ1) is 62.3. The molecular formula is C126H210O2. The van der Waals surface area contributed by atoms with Gasteiger partial charge in [0.05, 0.1) is 14.2 Å². The Balaban J connectivity index is 0.000000826. The zero-order valence-corrected chi connectivity index (χ0v) is 83.9. The predicted octanol–water partition coefficient (Wildman–Crippen LogP) is 40.6. The number of ether oxygens (including phenoxy) is 2. The molecule has 128 heavy (non-hydrogen) atoms. The molecule has 0 spiro atoms. The van der Waals surface area contributed by atoms with Crippen LogP contribution in [0.3, 0.4) is 0 Å². The van der Waals surface area contributed by atoms with Crippen molar-refractivity contribution in [2.45, 2.75) is 413 Å².